The molecule has 1 aromatic rings. The lowest BCUT2D eigenvalue weighted by Gasteiger charge is -2.00. The number of thioether (sulfide) groups is 1. The molecule has 1 aromatic carbocycles. The topological polar surface area (TPSA) is 17.1 Å². The molecule has 0 aliphatic rings. The summed E-state index contributed by atoms with van der Waals surface area (Å²) in [6.45, 7) is 3.67. The largest absolute Gasteiger partial charge is 0.288 e. The second kappa shape index (κ2) is 4.63. The van der Waals surface area contributed by atoms with E-state index in [1.807, 2.05) is 18.4 Å². The van der Waals surface area contributed by atoms with Crippen LogP contribution in [0.3, 0.4) is 0 Å². The second-order valence-electron chi connectivity index (χ2n) is 2.46. The molecule has 0 spiro atoms. The summed E-state index contributed by atoms with van der Waals surface area (Å²) in [5, 5.41) is 0. The van der Waals surface area contributed by atoms with Crippen molar-refractivity contribution in [3.05, 3.63) is 45.8 Å². The van der Waals surface area contributed by atoms with Gasteiger partial charge in [0.15, 0.2) is 5.78 Å². The third-order valence-electron chi connectivity index (χ3n) is 1.61. The first-order chi connectivity index (χ1) is 6.15. The number of carbonyl (C=O) groups is 1. The van der Waals surface area contributed by atoms with Gasteiger partial charge in [-0.2, -0.15) is 0 Å². The van der Waals surface area contributed by atoms with Crippen molar-refractivity contribution in [1.29, 1.82) is 0 Å². The van der Waals surface area contributed by atoms with Crippen molar-refractivity contribution in [2.75, 3.05) is 6.26 Å². The molecule has 0 heterocycles. The van der Waals surface area contributed by atoms with E-state index in [-0.39, 0.29) is 5.78 Å². The van der Waals surface area contributed by atoms with Gasteiger partial charge in [0.1, 0.15) is 0 Å². The van der Waals surface area contributed by atoms with Crippen LogP contribution in [0.5, 0.6) is 0 Å². The Labute approximate surface area is 90.4 Å². The van der Waals surface area contributed by atoms with Gasteiger partial charge >= 0.3 is 0 Å². The number of halogens is 1. The number of allylic oxidation sites excluding steroid dienone is 1. The predicted octanol–water partition coefficient (Wildman–Crippen LogP) is 3.51. The van der Waals surface area contributed by atoms with Crippen molar-refractivity contribution in [3.63, 3.8) is 0 Å². The Balaban J connectivity index is 2.90. The van der Waals surface area contributed by atoms with Crippen LogP contribution in [0, 0.1) is 0 Å². The summed E-state index contributed by atoms with van der Waals surface area (Å²) in [6.07, 6.45) is 1.85. The first-order valence-electron chi connectivity index (χ1n) is 3.68. The Morgan fingerprint density at radius 2 is 1.92 bits per heavy atom. The van der Waals surface area contributed by atoms with Gasteiger partial charge in [0.25, 0.3) is 0 Å². The van der Waals surface area contributed by atoms with Crippen molar-refractivity contribution >= 4 is 33.5 Å². The van der Waals surface area contributed by atoms with Crippen LogP contribution in [0.25, 0.3) is 0 Å². The number of hydrogen-bond donors (Lipinski definition) is 0. The zero-order valence-electron chi connectivity index (χ0n) is 7.21. The van der Waals surface area contributed by atoms with Crippen LogP contribution in [0.2, 0.25) is 0 Å². The molecule has 0 fully saturated rings. The van der Waals surface area contributed by atoms with Crippen LogP contribution >= 0.6 is 27.7 Å². The van der Waals surface area contributed by atoms with Crippen LogP contribution in [-0.2, 0) is 0 Å². The molecule has 1 rings (SSSR count). The lowest BCUT2D eigenvalue weighted by Crippen LogP contribution is -1.98. The minimum atomic E-state index is 0.000000000000000444. The maximum atomic E-state index is 11.6. The molecule has 68 valence electrons. The number of benzene rings is 1. The van der Waals surface area contributed by atoms with E-state index in [1.54, 1.807) is 12.1 Å². The molecule has 13 heavy (non-hydrogen) atoms. The molecule has 0 atom stereocenters. The van der Waals surface area contributed by atoms with E-state index in [0.717, 1.165) is 4.47 Å². The van der Waals surface area contributed by atoms with E-state index >= 15 is 0 Å². The average Bonchev–Trinajstić information content (AvgIpc) is 2.17. The second-order valence-corrected chi connectivity index (χ2v) is 4.28. The van der Waals surface area contributed by atoms with E-state index in [4.69, 9.17) is 0 Å². The molecular formula is C10H9BrOS. The predicted molar refractivity (Wildman–Crippen MR) is 61.1 cm³/mol. The van der Waals surface area contributed by atoms with Gasteiger partial charge in [-0.1, -0.05) is 22.5 Å². The highest BCUT2D eigenvalue weighted by molar-refractivity contribution is 9.10. The molecule has 0 N–H and O–H groups in total. The van der Waals surface area contributed by atoms with Crippen molar-refractivity contribution in [2.24, 2.45) is 0 Å². The summed E-state index contributed by atoms with van der Waals surface area (Å²) in [5.41, 5.74) is 0.683. The van der Waals surface area contributed by atoms with Gasteiger partial charge in [0.2, 0.25) is 0 Å². The lowest BCUT2D eigenvalue weighted by molar-refractivity contribution is 0.104. The molecule has 0 unspecified atom stereocenters. The molecule has 0 bridgehead atoms. The molecular weight excluding hydrogens is 248 g/mol. The summed E-state index contributed by atoms with van der Waals surface area (Å²) in [5.74, 6) is 0.000000000000000444. The molecule has 0 aliphatic heterocycles. The van der Waals surface area contributed by atoms with Crippen LogP contribution in [0.1, 0.15) is 10.4 Å². The number of rotatable bonds is 3. The fourth-order valence-electron chi connectivity index (χ4n) is 0.855. The Bertz CT molecular complexity index is 329. The number of hydrogen-bond acceptors (Lipinski definition) is 2. The van der Waals surface area contributed by atoms with Crippen LogP contribution < -0.4 is 0 Å². The summed E-state index contributed by atoms with van der Waals surface area (Å²) >= 11 is 4.69. The summed E-state index contributed by atoms with van der Waals surface area (Å²) in [7, 11) is 0. The Hall–Kier alpha value is -0.540. The number of carbonyl (C=O) groups excluding carboxylic acids is 1. The van der Waals surface area contributed by atoms with E-state index in [1.165, 1.54) is 11.8 Å². The fraction of sp³-hybridized carbons (Fsp3) is 0.100. The van der Waals surface area contributed by atoms with Gasteiger partial charge in [0.05, 0.1) is 0 Å². The molecule has 1 nitrogen and oxygen atoms in total. The Morgan fingerprint density at radius 1 is 1.38 bits per heavy atom. The zero-order valence-corrected chi connectivity index (χ0v) is 9.61. The quantitative estimate of drug-likeness (QED) is 0.608. The first-order valence-corrected chi connectivity index (χ1v) is 5.70. The molecule has 0 radical (unpaired) electrons. The third-order valence-corrected chi connectivity index (χ3v) is 2.81. The van der Waals surface area contributed by atoms with Crippen LogP contribution in [0.15, 0.2) is 40.2 Å². The zero-order chi connectivity index (χ0) is 9.84. The minimum Gasteiger partial charge on any atom is -0.288 e. The van der Waals surface area contributed by atoms with Gasteiger partial charge in [-0.25, -0.2) is 0 Å². The molecule has 0 amide bonds. The molecule has 3 heteroatoms. The van der Waals surface area contributed by atoms with Crippen molar-refractivity contribution in [1.82, 2.24) is 0 Å². The molecule has 0 saturated carbocycles. The fourth-order valence-corrected chi connectivity index (χ4v) is 1.42. The molecule has 0 saturated heterocycles. The van der Waals surface area contributed by atoms with Gasteiger partial charge in [0, 0.05) is 14.9 Å². The number of ketones is 1. The maximum Gasteiger partial charge on any atom is 0.198 e. The lowest BCUT2D eigenvalue weighted by atomic mass is 10.1. The van der Waals surface area contributed by atoms with Gasteiger partial charge in [-0.15, -0.1) is 11.8 Å². The monoisotopic (exact) mass is 256 g/mol. The van der Waals surface area contributed by atoms with E-state index in [0.29, 0.717) is 10.5 Å². The normalized spacial score (nSPS) is 9.69. The standard InChI is InChI=1S/C10H9BrOS/c1-7(13-2)10(12)8-3-5-9(11)6-4-8/h3-6H,1H2,2H3. The smallest absolute Gasteiger partial charge is 0.198 e. The van der Waals surface area contributed by atoms with Crippen molar-refractivity contribution in [3.8, 4) is 0 Å². The average molecular weight is 257 g/mol. The summed E-state index contributed by atoms with van der Waals surface area (Å²) < 4.78 is 0.971. The van der Waals surface area contributed by atoms with Crippen LogP contribution in [-0.4, -0.2) is 12.0 Å². The van der Waals surface area contributed by atoms with E-state index in [9.17, 15) is 4.79 Å². The van der Waals surface area contributed by atoms with E-state index < -0.39 is 0 Å². The van der Waals surface area contributed by atoms with Gasteiger partial charge in [-0.05, 0) is 30.5 Å². The third kappa shape index (κ3) is 2.71. The highest BCUT2D eigenvalue weighted by Gasteiger charge is 2.07. The minimum absolute atomic E-state index is 0.000000000000000444. The van der Waals surface area contributed by atoms with E-state index in [2.05, 4.69) is 22.5 Å². The highest BCUT2D eigenvalue weighted by Crippen LogP contribution is 2.17. The molecule has 0 aliphatic carbocycles. The van der Waals surface area contributed by atoms with Crippen molar-refractivity contribution in [2.45, 2.75) is 0 Å². The van der Waals surface area contributed by atoms with Gasteiger partial charge < -0.3 is 0 Å². The SMILES string of the molecule is C=C(SC)C(=O)c1ccc(Br)cc1. The summed E-state index contributed by atoms with van der Waals surface area (Å²) in [4.78, 5) is 12.1. The number of Topliss-reactive ketones (excluding diaryl/α,β-unsaturated/α-hetero) is 1. The Morgan fingerprint density at radius 3 is 2.38 bits per heavy atom. The van der Waals surface area contributed by atoms with Crippen molar-refractivity contribution < 1.29 is 4.79 Å². The molecule has 0 aromatic heterocycles. The van der Waals surface area contributed by atoms with Gasteiger partial charge in [-0.3, -0.25) is 4.79 Å². The summed E-state index contributed by atoms with van der Waals surface area (Å²) in [6, 6.07) is 7.27. The highest BCUT2D eigenvalue weighted by atomic mass is 79.9. The Kier molecular flexibility index (Phi) is 3.75. The first kappa shape index (κ1) is 10.5. The maximum absolute atomic E-state index is 11.6. The van der Waals surface area contributed by atoms with Crippen LogP contribution in [0.4, 0.5) is 0 Å².